The number of nitrogens with one attached hydrogen (secondary N) is 1. The van der Waals surface area contributed by atoms with Gasteiger partial charge in [0, 0.05) is 31.7 Å². The molecule has 0 radical (unpaired) electrons. The maximum Gasteiger partial charge on any atom is 0.225 e. The van der Waals surface area contributed by atoms with E-state index >= 15 is 0 Å². The minimum Gasteiger partial charge on any atom is -0.392 e. The third kappa shape index (κ3) is 4.05. The number of aliphatic hydroxyl groups is 1. The minimum absolute atomic E-state index is 0.0499. The molecule has 1 heterocycles. The standard InChI is InChI=1S/C14H17N3O2/c15-9-11-1-3-12(4-2-11)16-14(19)6-8-17-7-5-13(18)10-17/h1-4,13,18H,5-8,10H2,(H,16,19). The Morgan fingerprint density at radius 1 is 1.47 bits per heavy atom. The second-order valence-electron chi connectivity index (χ2n) is 4.73. The van der Waals surface area contributed by atoms with Gasteiger partial charge in [0.2, 0.25) is 5.91 Å². The minimum atomic E-state index is -0.249. The SMILES string of the molecule is N#Cc1ccc(NC(=O)CCN2CCC(O)C2)cc1. The molecule has 1 saturated heterocycles. The smallest absolute Gasteiger partial charge is 0.225 e. The van der Waals surface area contributed by atoms with Crippen LogP contribution in [-0.2, 0) is 4.79 Å². The highest BCUT2D eigenvalue weighted by molar-refractivity contribution is 5.90. The third-order valence-corrected chi connectivity index (χ3v) is 3.20. The number of anilines is 1. The summed E-state index contributed by atoms with van der Waals surface area (Å²) in [6.07, 6.45) is 0.950. The maximum absolute atomic E-state index is 11.7. The molecule has 1 amide bonds. The van der Waals surface area contributed by atoms with Crippen LogP contribution < -0.4 is 5.32 Å². The molecular weight excluding hydrogens is 242 g/mol. The van der Waals surface area contributed by atoms with Gasteiger partial charge in [0.25, 0.3) is 0 Å². The molecule has 1 aliphatic heterocycles. The van der Waals surface area contributed by atoms with E-state index in [0.717, 1.165) is 13.0 Å². The number of nitrogens with zero attached hydrogens (tertiary/aromatic N) is 2. The predicted octanol–water partition coefficient (Wildman–Crippen LogP) is 0.953. The van der Waals surface area contributed by atoms with Crippen LogP contribution in [0.3, 0.4) is 0 Å². The zero-order valence-corrected chi connectivity index (χ0v) is 10.7. The summed E-state index contributed by atoms with van der Waals surface area (Å²) in [4.78, 5) is 13.8. The van der Waals surface area contributed by atoms with Crippen molar-refractivity contribution in [2.45, 2.75) is 18.9 Å². The van der Waals surface area contributed by atoms with Crippen LogP contribution in [0.5, 0.6) is 0 Å². The molecule has 0 spiro atoms. The number of amides is 1. The van der Waals surface area contributed by atoms with Gasteiger partial charge in [-0.25, -0.2) is 0 Å². The van der Waals surface area contributed by atoms with E-state index in [4.69, 9.17) is 5.26 Å². The lowest BCUT2D eigenvalue weighted by Crippen LogP contribution is -2.26. The summed E-state index contributed by atoms with van der Waals surface area (Å²) in [6, 6.07) is 8.81. The third-order valence-electron chi connectivity index (χ3n) is 3.20. The van der Waals surface area contributed by atoms with Crippen LogP contribution >= 0.6 is 0 Å². The molecule has 2 N–H and O–H groups in total. The molecular formula is C14H17N3O2. The van der Waals surface area contributed by atoms with Gasteiger partial charge in [-0.1, -0.05) is 0 Å². The first-order valence-electron chi connectivity index (χ1n) is 6.38. The van der Waals surface area contributed by atoms with Gasteiger partial charge in [0.05, 0.1) is 17.7 Å². The van der Waals surface area contributed by atoms with Crippen LogP contribution in [0, 0.1) is 11.3 Å². The van der Waals surface area contributed by atoms with Crippen molar-refractivity contribution in [3.05, 3.63) is 29.8 Å². The molecule has 1 unspecified atom stereocenters. The fourth-order valence-corrected chi connectivity index (χ4v) is 2.13. The molecule has 1 aromatic rings. The Kier molecular flexibility index (Phi) is 4.50. The van der Waals surface area contributed by atoms with Gasteiger partial charge in [0.15, 0.2) is 0 Å². The van der Waals surface area contributed by atoms with E-state index in [1.165, 1.54) is 0 Å². The zero-order chi connectivity index (χ0) is 13.7. The van der Waals surface area contributed by atoms with Crippen molar-refractivity contribution in [2.24, 2.45) is 0 Å². The number of rotatable bonds is 4. The molecule has 19 heavy (non-hydrogen) atoms. The van der Waals surface area contributed by atoms with Crippen molar-refractivity contribution in [1.82, 2.24) is 4.90 Å². The Morgan fingerprint density at radius 2 is 2.21 bits per heavy atom. The molecule has 0 saturated carbocycles. The summed E-state index contributed by atoms with van der Waals surface area (Å²) < 4.78 is 0. The van der Waals surface area contributed by atoms with Gasteiger partial charge < -0.3 is 15.3 Å². The molecule has 5 nitrogen and oxygen atoms in total. The fourth-order valence-electron chi connectivity index (χ4n) is 2.13. The molecule has 5 heteroatoms. The van der Waals surface area contributed by atoms with Gasteiger partial charge in [0.1, 0.15) is 0 Å². The maximum atomic E-state index is 11.7. The largest absolute Gasteiger partial charge is 0.392 e. The first-order chi connectivity index (χ1) is 9.17. The van der Waals surface area contributed by atoms with Crippen molar-refractivity contribution in [1.29, 1.82) is 5.26 Å². The Balaban J connectivity index is 1.76. The topological polar surface area (TPSA) is 76.4 Å². The number of aliphatic hydroxyl groups excluding tert-OH is 1. The Bertz CT molecular complexity index is 478. The number of likely N-dealkylation sites (tertiary alicyclic amines) is 1. The number of carbonyl (C=O) groups excluding carboxylic acids is 1. The Morgan fingerprint density at radius 3 is 2.79 bits per heavy atom. The lowest BCUT2D eigenvalue weighted by atomic mass is 10.2. The van der Waals surface area contributed by atoms with E-state index < -0.39 is 0 Å². The van der Waals surface area contributed by atoms with Gasteiger partial charge in [-0.2, -0.15) is 5.26 Å². The van der Waals surface area contributed by atoms with Gasteiger partial charge in [-0.3, -0.25) is 4.79 Å². The first-order valence-corrected chi connectivity index (χ1v) is 6.38. The van der Waals surface area contributed by atoms with Crippen molar-refractivity contribution < 1.29 is 9.90 Å². The highest BCUT2D eigenvalue weighted by Crippen LogP contribution is 2.11. The van der Waals surface area contributed by atoms with Crippen LogP contribution in [0.15, 0.2) is 24.3 Å². The monoisotopic (exact) mass is 259 g/mol. The average Bonchev–Trinajstić information content (AvgIpc) is 2.83. The number of β-amino-alcohol motifs (C(OH)–C–C–N with tert-alkyl or cyclic N) is 1. The molecule has 0 aromatic heterocycles. The fraction of sp³-hybridized carbons (Fsp3) is 0.429. The molecule has 0 bridgehead atoms. The second kappa shape index (κ2) is 6.32. The Hall–Kier alpha value is -1.90. The summed E-state index contributed by atoms with van der Waals surface area (Å²) in [5.74, 6) is -0.0499. The van der Waals surface area contributed by atoms with E-state index in [0.29, 0.717) is 30.8 Å². The number of hydrogen-bond acceptors (Lipinski definition) is 4. The van der Waals surface area contributed by atoms with Crippen LogP contribution in [-0.4, -0.2) is 41.7 Å². The average molecular weight is 259 g/mol. The summed E-state index contributed by atoms with van der Waals surface area (Å²) in [5, 5.41) is 20.8. The second-order valence-corrected chi connectivity index (χ2v) is 4.73. The number of nitriles is 1. The van der Waals surface area contributed by atoms with E-state index in [2.05, 4.69) is 10.2 Å². The predicted molar refractivity (Wildman–Crippen MR) is 71.5 cm³/mol. The van der Waals surface area contributed by atoms with E-state index in [-0.39, 0.29) is 12.0 Å². The van der Waals surface area contributed by atoms with Crippen molar-refractivity contribution in [3.8, 4) is 6.07 Å². The lowest BCUT2D eigenvalue weighted by molar-refractivity contribution is -0.116. The number of benzene rings is 1. The van der Waals surface area contributed by atoms with Crippen LogP contribution in [0.4, 0.5) is 5.69 Å². The zero-order valence-electron chi connectivity index (χ0n) is 10.7. The van der Waals surface area contributed by atoms with Crippen molar-refractivity contribution in [3.63, 3.8) is 0 Å². The Labute approximate surface area is 112 Å². The van der Waals surface area contributed by atoms with Gasteiger partial charge in [-0.05, 0) is 30.7 Å². The van der Waals surface area contributed by atoms with Gasteiger partial charge >= 0.3 is 0 Å². The first kappa shape index (κ1) is 13.5. The number of hydrogen-bond donors (Lipinski definition) is 2. The van der Waals surface area contributed by atoms with E-state index in [1.54, 1.807) is 24.3 Å². The van der Waals surface area contributed by atoms with Crippen LogP contribution in [0.2, 0.25) is 0 Å². The van der Waals surface area contributed by atoms with Crippen molar-refractivity contribution in [2.75, 3.05) is 25.0 Å². The lowest BCUT2D eigenvalue weighted by Gasteiger charge is -2.14. The summed E-state index contributed by atoms with van der Waals surface area (Å²) in [5.41, 5.74) is 1.27. The van der Waals surface area contributed by atoms with Crippen LogP contribution in [0.1, 0.15) is 18.4 Å². The molecule has 1 atom stereocenters. The molecule has 1 aromatic carbocycles. The normalized spacial score (nSPS) is 19.1. The number of carbonyl (C=O) groups is 1. The summed E-state index contributed by atoms with van der Waals surface area (Å²) in [7, 11) is 0. The van der Waals surface area contributed by atoms with E-state index in [1.807, 2.05) is 6.07 Å². The highest BCUT2D eigenvalue weighted by Gasteiger charge is 2.20. The summed E-state index contributed by atoms with van der Waals surface area (Å²) >= 11 is 0. The molecule has 1 fully saturated rings. The molecule has 0 aliphatic carbocycles. The van der Waals surface area contributed by atoms with Crippen LogP contribution in [0.25, 0.3) is 0 Å². The molecule has 2 rings (SSSR count). The van der Waals surface area contributed by atoms with Gasteiger partial charge in [-0.15, -0.1) is 0 Å². The molecule has 1 aliphatic rings. The molecule has 100 valence electrons. The highest BCUT2D eigenvalue weighted by atomic mass is 16.3. The quantitative estimate of drug-likeness (QED) is 0.844. The summed E-state index contributed by atoms with van der Waals surface area (Å²) in [6.45, 7) is 2.18. The van der Waals surface area contributed by atoms with E-state index in [9.17, 15) is 9.90 Å². The van der Waals surface area contributed by atoms with Crippen molar-refractivity contribution >= 4 is 11.6 Å².